The Kier molecular flexibility index (Phi) is 5.14. The molecule has 1 heterocycles. The first-order valence-electron chi connectivity index (χ1n) is 6.04. The van der Waals surface area contributed by atoms with Crippen LogP contribution in [0, 0.1) is 11.3 Å². The van der Waals surface area contributed by atoms with E-state index < -0.39 is 0 Å². The summed E-state index contributed by atoms with van der Waals surface area (Å²) in [5, 5.41) is 11.5. The first-order valence-corrected chi connectivity index (χ1v) is 7.30. The quantitative estimate of drug-likeness (QED) is 0.876. The summed E-state index contributed by atoms with van der Waals surface area (Å²) >= 11 is 7.40. The topological polar surface area (TPSA) is 78.7 Å². The number of carbonyl (C=O) groups excluding carboxylic acids is 1. The van der Waals surface area contributed by atoms with Crippen molar-refractivity contribution < 1.29 is 4.79 Å². The molecule has 1 unspecified atom stereocenters. The highest BCUT2D eigenvalue weighted by Crippen LogP contribution is 2.31. The molecular formula is C14H11ClN4OS. The lowest BCUT2D eigenvalue weighted by molar-refractivity contribution is -0.115. The van der Waals surface area contributed by atoms with Crippen LogP contribution < -0.4 is 5.32 Å². The number of halogens is 1. The summed E-state index contributed by atoms with van der Waals surface area (Å²) in [6.45, 7) is 1.76. The van der Waals surface area contributed by atoms with Gasteiger partial charge in [0.15, 0.2) is 0 Å². The van der Waals surface area contributed by atoms with Crippen LogP contribution in [0.3, 0.4) is 0 Å². The highest BCUT2D eigenvalue weighted by atomic mass is 35.5. The third-order valence-electron chi connectivity index (χ3n) is 2.53. The van der Waals surface area contributed by atoms with Gasteiger partial charge in [0, 0.05) is 17.3 Å². The molecule has 0 aliphatic rings. The Morgan fingerprint density at radius 2 is 2.14 bits per heavy atom. The highest BCUT2D eigenvalue weighted by Gasteiger charge is 2.17. The monoisotopic (exact) mass is 318 g/mol. The zero-order chi connectivity index (χ0) is 15.2. The maximum absolute atomic E-state index is 12.0. The van der Waals surface area contributed by atoms with Gasteiger partial charge in [-0.15, -0.1) is 11.8 Å². The van der Waals surface area contributed by atoms with Crippen molar-refractivity contribution in [1.82, 2.24) is 9.97 Å². The fraction of sp³-hybridized carbons (Fsp3) is 0.143. The van der Waals surface area contributed by atoms with Crippen LogP contribution in [-0.2, 0) is 4.79 Å². The number of thioether (sulfide) groups is 1. The van der Waals surface area contributed by atoms with Crippen molar-refractivity contribution in [3.05, 3.63) is 47.2 Å². The van der Waals surface area contributed by atoms with E-state index in [-0.39, 0.29) is 17.1 Å². The number of benzene rings is 1. The van der Waals surface area contributed by atoms with Crippen LogP contribution in [0.1, 0.15) is 12.5 Å². The Labute approximate surface area is 131 Å². The minimum Gasteiger partial charge on any atom is -0.294 e. The Bertz CT molecular complexity index is 687. The lowest BCUT2D eigenvalue weighted by Gasteiger charge is -2.12. The zero-order valence-corrected chi connectivity index (χ0v) is 12.6. The zero-order valence-electron chi connectivity index (χ0n) is 11.1. The maximum atomic E-state index is 12.0. The number of hydrogen-bond acceptors (Lipinski definition) is 5. The molecule has 21 heavy (non-hydrogen) atoms. The molecule has 0 radical (unpaired) electrons. The predicted molar refractivity (Wildman–Crippen MR) is 82.1 cm³/mol. The second kappa shape index (κ2) is 7.07. The Hall–Kier alpha value is -2.10. The average molecular weight is 319 g/mol. The van der Waals surface area contributed by atoms with E-state index in [0.29, 0.717) is 10.6 Å². The largest absolute Gasteiger partial charge is 0.294 e. The van der Waals surface area contributed by atoms with Gasteiger partial charge in [-0.05, 0) is 31.2 Å². The number of nitriles is 1. The van der Waals surface area contributed by atoms with Crippen molar-refractivity contribution in [2.75, 3.05) is 5.32 Å². The molecule has 1 aromatic carbocycles. The van der Waals surface area contributed by atoms with Crippen molar-refractivity contribution >= 4 is 35.2 Å². The number of hydrogen-bond donors (Lipinski definition) is 1. The number of aromatic nitrogens is 2. The van der Waals surface area contributed by atoms with E-state index >= 15 is 0 Å². The van der Waals surface area contributed by atoms with E-state index in [4.69, 9.17) is 16.9 Å². The molecule has 1 N–H and O–H groups in total. The fourth-order valence-electron chi connectivity index (χ4n) is 1.49. The molecule has 0 bridgehead atoms. The number of anilines is 1. The van der Waals surface area contributed by atoms with Crippen LogP contribution in [-0.4, -0.2) is 21.1 Å². The molecule has 0 spiro atoms. The molecule has 2 aromatic rings. The van der Waals surface area contributed by atoms with Gasteiger partial charge in [-0.25, -0.2) is 9.97 Å². The summed E-state index contributed by atoms with van der Waals surface area (Å²) in [5.74, 6) is 0.0486. The first kappa shape index (κ1) is 15.3. The Morgan fingerprint density at radius 3 is 2.76 bits per heavy atom. The molecule has 0 saturated carbocycles. The van der Waals surface area contributed by atoms with Gasteiger partial charge >= 0.3 is 0 Å². The molecule has 1 atom stereocenters. The summed E-state index contributed by atoms with van der Waals surface area (Å²) in [5.41, 5.74) is 0.485. The Balaban J connectivity index is 2.02. The summed E-state index contributed by atoms with van der Waals surface area (Å²) in [6, 6.07) is 8.66. The lowest BCUT2D eigenvalue weighted by Crippen LogP contribution is -2.23. The maximum Gasteiger partial charge on any atom is 0.239 e. The van der Waals surface area contributed by atoms with E-state index in [0.717, 1.165) is 4.90 Å². The van der Waals surface area contributed by atoms with Gasteiger partial charge in [0.1, 0.15) is 0 Å². The van der Waals surface area contributed by atoms with Crippen LogP contribution in [0.25, 0.3) is 0 Å². The number of rotatable bonds is 4. The van der Waals surface area contributed by atoms with Crippen LogP contribution >= 0.6 is 23.4 Å². The first-order chi connectivity index (χ1) is 10.1. The standard InChI is InChI=1S/C14H11ClN4OS/c1-9(13(20)19-14-17-5-2-6-18-14)21-12-4-3-10(8-16)7-11(12)15/h2-7,9H,1H3,(H,17,18,19,20). The summed E-state index contributed by atoms with van der Waals surface area (Å²) in [4.78, 5) is 20.7. The van der Waals surface area contributed by atoms with E-state index in [1.807, 2.05) is 6.07 Å². The molecule has 2 rings (SSSR count). The van der Waals surface area contributed by atoms with Crippen molar-refractivity contribution in [3.8, 4) is 6.07 Å². The minimum absolute atomic E-state index is 0.216. The number of nitrogens with one attached hydrogen (secondary N) is 1. The molecule has 7 heteroatoms. The van der Waals surface area contributed by atoms with Gasteiger partial charge in [-0.3, -0.25) is 10.1 Å². The normalized spacial score (nSPS) is 11.5. The fourth-order valence-corrected chi connectivity index (χ4v) is 2.66. The molecule has 1 amide bonds. The van der Waals surface area contributed by atoms with Gasteiger partial charge in [-0.1, -0.05) is 11.6 Å². The van der Waals surface area contributed by atoms with Crippen molar-refractivity contribution in [3.63, 3.8) is 0 Å². The van der Waals surface area contributed by atoms with Gasteiger partial charge in [0.2, 0.25) is 11.9 Å². The van der Waals surface area contributed by atoms with E-state index in [1.165, 1.54) is 11.8 Å². The molecule has 0 saturated heterocycles. The van der Waals surface area contributed by atoms with Crippen molar-refractivity contribution in [2.24, 2.45) is 0 Å². The number of carbonyl (C=O) groups is 1. The second-order valence-electron chi connectivity index (χ2n) is 4.08. The van der Waals surface area contributed by atoms with Crippen LogP contribution in [0.4, 0.5) is 5.95 Å². The third kappa shape index (κ3) is 4.18. The van der Waals surface area contributed by atoms with Gasteiger partial charge < -0.3 is 0 Å². The second-order valence-corrected chi connectivity index (χ2v) is 5.87. The molecular weight excluding hydrogens is 308 g/mol. The van der Waals surface area contributed by atoms with E-state index in [9.17, 15) is 4.79 Å². The summed E-state index contributed by atoms with van der Waals surface area (Å²) < 4.78 is 0. The van der Waals surface area contributed by atoms with Crippen LogP contribution in [0.5, 0.6) is 0 Å². The van der Waals surface area contributed by atoms with Crippen molar-refractivity contribution in [1.29, 1.82) is 5.26 Å². The molecule has 1 aromatic heterocycles. The predicted octanol–water partition coefficient (Wildman–Crippen LogP) is 3.12. The Morgan fingerprint density at radius 1 is 1.43 bits per heavy atom. The summed E-state index contributed by atoms with van der Waals surface area (Å²) in [7, 11) is 0. The van der Waals surface area contributed by atoms with E-state index in [1.54, 1.807) is 43.6 Å². The van der Waals surface area contributed by atoms with Crippen molar-refractivity contribution in [2.45, 2.75) is 17.1 Å². The highest BCUT2D eigenvalue weighted by molar-refractivity contribution is 8.00. The summed E-state index contributed by atoms with van der Waals surface area (Å²) in [6.07, 6.45) is 3.11. The van der Waals surface area contributed by atoms with Crippen LogP contribution in [0.15, 0.2) is 41.6 Å². The van der Waals surface area contributed by atoms with E-state index in [2.05, 4.69) is 15.3 Å². The van der Waals surface area contributed by atoms with Gasteiger partial charge in [0.05, 0.1) is 21.9 Å². The van der Waals surface area contributed by atoms with Gasteiger partial charge in [0.25, 0.3) is 0 Å². The molecule has 0 fully saturated rings. The molecule has 5 nitrogen and oxygen atoms in total. The van der Waals surface area contributed by atoms with Gasteiger partial charge in [-0.2, -0.15) is 5.26 Å². The average Bonchev–Trinajstić information content (AvgIpc) is 2.50. The molecule has 0 aliphatic carbocycles. The smallest absolute Gasteiger partial charge is 0.239 e. The number of nitrogens with zero attached hydrogens (tertiary/aromatic N) is 3. The minimum atomic E-state index is -0.376. The van der Waals surface area contributed by atoms with Crippen LogP contribution in [0.2, 0.25) is 5.02 Å². The molecule has 0 aliphatic heterocycles. The number of amides is 1. The lowest BCUT2D eigenvalue weighted by atomic mass is 10.2. The molecule has 106 valence electrons. The third-order valence-corrected chi connectivity index (χ3v) is 4.14. The SMILES string of the molecule is CC(Sc1ccc(C#N)cc1Cl)C(=O)Nc1ncccn1.